The van der Waals surface area contributed by atoms with E-state index in [1.54, 1.807) is 11.1 Å². The molecular formula is C22H28Cl2HfSi2. The second kappa shape index (κ2) is 6.95. The topological polar surface area (TPSA) is 0 Å². The van der Waals surface area contributed by atoms with Crippen LogP contribution >= 0.6 is 24.8 Å². The molecule has 0 bridgehead atoms. The van der Waals surface area contributed by atoms with Gasteiger partial charge in [0.2, 0.25) is 0 Å². The first-order valence-corrected chi connectivity index (χ1v) is 31.4. The molecule has 0 nitrogen and oxygen atoms in total. The summed E-state index contributed by atoms with van der Waals surface area (Å²) in [5.41, 5.74) is 6.37. The Balaban J connectivity index is 0.00000105. The van der Waals surface area contributed by atoms with Crippen LogP contribution in [0.3, 0.4) is 0 Å². The summed E-state index contributed by atoms with van der Waals surface area (Å²) in [5.74, 6) is 0. The third kappa shape index (κ3) is 2.48. The zero-order chi connectivity index (χ0) is 17.4. The van der Waals surface area contributed by atoms with Gasteiger partial charge in [0.1, 0.15) is 0 Å². The maximum absolute atomic E-state index is 2.78. The van der Waals surface area contributed by atoms with Crippen molar-refractivity contribution in [1.82, 2.24) is 0 Å². The van der Waals surface area contributed by atoms with Crippen LogP contribution < -0.4 is 0 Å². The van der Waals surface area contributed by atoms with Crippen molar-refractivity contribution < 1.29 is 18.3 Å². The molecule has 5 rings (SSSR count). The van der Waals surface area contributed by atoms with Gasteiger partial charge in [0.05, 0.1) is 0 Å². The Kier molecular flexibility index (Phi) is 5.53. The van der Waals surface area contributed by atoms with Gasteiger partial charge in [-0.1, -0.05) is 0 Å². The monoisotopic (exact) mass is 598 g/mol. The van der Waals surface area contributed by atoms with E-state index < -0.39 is 27.9 Å². The van der Waals surface area contributed by atoms with Gasteiger partial charge in [-0.3, -0.25) is 0 Å². The van der Waals surface area contributed by atoms with E-state index in [2.05, 4.69) is 99.0 Å². The van der Waals surface area contributed by atoms with Crippen LogP contribution in [0.5, 0.6) is 0 Å². The van der Waals surface area contributed by atoms with Gasteiger partial charge in [0.25, 0.3) is 0 Å². The van der Waals surface area contributed by atoms with Gasteiger partial charge >= 0.3 is 156 Å². The molecule has 0 aromatic heterocycles. The van der Waals surface area contributed by atoms with E-state index in [4.69, 9.17) is 0 Å². The number of rotatable bonds is 2. The average molecular weight is 598 g/mol. The van der Waals surface area contributed by atoms with E-state index in [1.165, 1.54) is 11.1 Å². The van der Waals surface area contributed by atoms with Crippen LogP contribution in [0, 0.1) is 0 Å². The maximum Gasteiger partial charge on any atom is -0.147 e. The van der Waals surface area contributed by atoms with E-state index in [0.717, 1.165) is 7.35 Å². The summed E-state index contributed by atoms with van der Waals surface area (Å²) in [5, 5.41) is 0. The Morgan fingerprint density at radius 1 is 0.630 bits per heavy atom. The summed E-state index contributed by atoms with van der Waals surface area (Å²) in [7, 11) is 0. The molecule has 0 radical (unpaired) electrons. The van der Waals surface area contributed by atoms with Crippen molar-refractivity contribution in [2.24, 2.45) is 0 Å². The van der Waals surface area contributed by atoms with Crippen molar-refractivity contribution in [3.8, 4) is 0 Å². The SMILES string of the molecule is C[Si]1(C)[Si](C)(C)[Hf]1([CH]1C=Cc2ccccc21)[CH]1C=Cc2ccccc21.Cl.Cl. The quantitative estimate of drug-likeness (QED) is 0.326. The first kappa shape index (κ1) is 21.5. The van der Waals surface area contributed by atoms with Crippen LogP contribution in [0.4, 0.5) is 0 Å². The van der Waals surface area contributed by atoms with E-state index in [-0.39, 0.29) is 24.8 Å². The Bertz CT molecular complexity index is 871. The normalized spacial score (nSPS) is 26.5. The summed E-state index contributed by atoms with van der Waals surface area (Å²) in [6, 6.07) is 18.5. The fraction of sp³-hybridized carbons (Fsp3) is 0.273. The molecule has 2 aromatic rings. The van der Waals surface area contributed by atoms with Crippen molar-refractivity contribution in [3.05, 3.63) is 82.9 Å². The third-order valence-corrected chi connectivity index (χ3v) is 167. The molecule has 27 heavy (non-hydrogen) atoms. The van der Waals surface area contributed by atoms with Crippen LogP contribution in [0.2, 0.25) is 26.2 Å². The van der Waals surface area contributed by atoms with E-state index in [0.29, 0.717) is 0 Å². The Hall–Kier alpha value is -0.196. The minimum atomic E-state index is -2.60. The zero-order valence-electron chi connectivity index (χ0n) is 16.4. The molecule has 1 saturated heterocycles. The molecule has 5 heteroatoms. The fourth-order valence-electron chi connectivity index (χ4n) is 6.44. The minimum Gasteiger partial charge on any atom is -0.147 e. The number of fused-ring (bicyclic) bond motifs is 2. The Labute approximate surface area is 180 Å². The molecule has 2 aliphatic carbocycles. The van der Waals surface area contributed by atoms with Crippen molar-refractivity contribution in [1.29, 1.82) is 0 Å². The van der Waals surface area contributed by atoms with Crippen LogP contribution in [0.25, 0.3) is 12.2 Å². The molecular weight excluding hydrogens is 570 g/mol. The predicted octanol–water partition coefficient (Wildman–Crippen LogP) is 7.02. The number of hydrogen-bond donors (Lipinski definition) is 0. The molecule has 1 fully saturated rings. The molecule has 3 aliphatic rings. The first-order chi connectivity index (χ1) is 11.9. The van der Waals surface area contributed by atoms with Gasteiger partial charge in [-0.25, -0.2) is 0 Å². The summed E-state index contributed by atoms with van der Waals surface area (Å²) in [6.45, 7) is 11.1. The van der Waals surface area contributed by atoms with Gasteiger partial charge in [-0.2, -0.15) is 0 Å². The summed E-state index contributed by atoms with van der Waals surface area (Å²) >= 11 is -2.60. The van der Waals surface area contributed by atoms with Crippen LogP contribution in [-0.2, 0) is 18.3 Å². The third-order valence-electron chi connectivity index (χ3n) is 8.15. The Morgan fingerprint density at radius 3 is 1.37 bits per heavy atom. The van der Waals surface area contributed by atoms with Crippen LogP contribution in [0.1, 0.15) is 29.6 Å². The standard InChI is InChI=1S/2C9H7.C4H12Si2.2ClH.Hf/c2*1-2-5-9-7-3-6-8(9)4-1;1-5(2)6(3)4;;;/h2*1-7H;1-4H3;2*1H;. The van der Waals surface area contributed by atoms with Crippen molar-refractivity contribution in [3.63, 3.8) is 0 Å². The van der Waals surface area contributed by atoms with Gasteiger partial charge in [0.15, 0.2) is 0 Å². The molecule has 0 N–H and O–H groups in total. The second-order valence-electron chi connectivity index (χ2n) is 9.05. The zero-order valence-corrected chi connectivity index (χ0v) is 23.6. The predicted molar refractivity (Wildman–Crippen MR) is 126 cm³/mol. The van der Waals surface area contributed by atoms with Crippen LogP contribution in [-0.4, -0.2) is 9.56 Å². The number of halogens is 2. The molecule has 0 spiro atoms. The summed E-state index contributed by atoms with van der Waals surface area (Å²) in [4.78, 5) is 0. The number of allylic oxidation sites excluding steroid dienone is 2. The van der Waals surface area contributed by atoms with Crippen molar-refractivity contribution in [2.75, 3.05) is 0 Å². The number of hydrogen-bond acceptors (Lipinski definition) is 0. The fourth-order valence-corrected chi connectivity index (χ4v) is 253. The molecule has 2 aromatic carbocycles. The molecule has 2 atom stereocenters. The smallest absolute Gasteiger partial charge is 0.147 e. The van der Waals surface area contributed by atoms with Gasteiger partial charge in [-0.15, -0.1) is 24.8 Å². The van der Waals surface area contributed by atoms with E-state index >= 15 is 0 Å². The van der Waals surface area contributed by atoms with Gasteiger partial charge in [-0.05, 0) is 0 Å². The molecule has 1 aliphatic heterocycles. The van der Waals surface area contributed by atoms with Crippen LogP contribution in [0.15, 0.2) is 60.7 Å². The van der Waals surface area contributed by atoms with Crippen molar-refractivity contribution >= 4 is 46.5 Å². The minimum absolute atomic E-state index is 0. The van der Waals surface area contributed by atoms with Gasteiger partial charge in [0, 0.05) is 0 Å². The average Bonchev–Trinajstić information content (AvgIpc) is 3.07. The Morgan fingerprint density at radius 2 is 1.00 bits per heavy atom. The molecule has 2 unspecified atom stereocenters. The molecule has 0 amide bonds. The first-order valence-electron chi connectivity index (χ1n) is 9.47. The summed E-state index contributed by atoms with van der Waals surface area (Å²) in [6.07, 6.45) is 10.2. The van der Waals surface area contributed by atoms with E-state index in [9.17, 15) is 0 Å². The summed E-state index contributed by atoms with van der Waals surface area (Å²) < 4.78 is -0.500. The molecule has 1 heterocycles. The van der Waals surface area contributed by atoms with Crippen molar-refractivity contribution in [2.45, 2.75) is 33.5 Å². The second-order valence-corrected chi connectivity index (χ2v) is 89.1. The largest absolute Gasteiger partial charge is 0.147 e. The van der Waals surface area contributed by atoms with Gasteiger partial charge < -0.3 is 0 Å². The molecule has 142 valence electrons. The van der Waals surface area contributed by atoms with E-state index in [1.807, 2.05) is 0 Å². The molecule has 0 saturated carbocycles. The number of benzene rings is 2. The maximum atomic E-state index is 2.78.